The topological polar surface area (TPSA) is 75.9 Å². The Morgan fingerprint density at radius 1 is 1.12 bits per heavy atom. The molecule has 0 spiro atoms. The van der Waals surface area contributed by atoms with Crippen LogP contribution in [0.1, 0.15) is 0 Å². The standard InChI is InChI=1S/C17H14F2N6O/c18-13-3-2-12(6-14(13)19)23-17(26)11-8-24(9-11)15-7-16(21-10-20-15)25-5-1-4-22-25/h1-7,10-11H,8-9H2,(H,23,26). The molecule has 1 aliphatic rings. The first-order valence-electron chi connectivity index (χ1n) is 7.93. The molecular weight excluding hydrogens is 342 g/mol. The van der Waals surface area contributed by atoms with Crippen molar-refractivity contribution in [1.82, 2.24) is 19.7 Å². The molecule has 132 valence electrons. The molecule has 3 aromatic rings. The van der Waals surface area contributed by atoms with Crippen LogP contribution in [0.4, 0.5) is 20.3 Å². The number of hydrogen-bond donors (Lipinski definition) is 1. The lowest BCUT2D eigenvalue weighted by atomic mass is 9.99. The third-order valence-corrected chi connectivity index (χ3v) is 4.14. The second-order valence-corrected chi connectivity index (χ2v) is 5.91. The van der Waals surface area contributed by atoms with Gasteiger partial charge < -0.3 is 10.2 Å². The third-order valence-electron chi connectivity index (χ3n) is 4.14. The Morgan fingerprint density at radius 2 is 1.92 bits per heavy atom. The Morgan fingerprint density at radius 3 is 2.65 bits per heavy atom. The summed E-state index contributed by atoms with van der Waals surface area (Å²) in [5.74, 6) is -1.11. The van der Waals surface area contributed by atoms with Crippen LogP contribution in [0.15, 0.2) is 49.1 Å². The number of halogens is 2. The summed E-state index contributed by atoms with van der Waals surface area (Å²) in [6, 6.07) is 6.86. The second-order valence-electron chi connectivity index (χ2n) is 5.91. The van der Waals surface area contributed by atoms with E-state index in [-0.39, 0.29) is 17.5 Å². The SMILES string of the molecule is O=C(Nc1ccc(F)c(F)c1)C1CN(c2cc(-n3cccn3)ncn2)C1. The summed E-state index contributed by atoms with van der Waals surface area (Å²) in [6.45, 7) is 0.955. The van der Waals surface area contributed by atoms with Crippen LogP contribution in [0, 0.1) is 17.6 Å². The highest BCUT2D eigenvalue weighted by Gasteiger charge is 2.33. The maximum Gasteiger partial charge on any atom is 0.231 e. The van der Waals surface area contributed by atoms with Gasteiger partial charge >= 0.3 is 0 Å². The van der Waals surface area contributed by atoms with E-state index in [1.165, 1.54) is 12.4 Å². The highest BCUT2D eigenvalue weighted by molar-refractivity contribution is 5.94. The summed E-state index contributed by atoms with van der Waals surface area (Å²) in [5, 5.41) is 6.72. The minimum atomic E-state index is -0.995. The number of rotatable bonds is 4. The normalized spacial score (nSPS) is 14.2. The number of aromatic nitrogens is 4. The number of carbonyl (C=O) groups excluding carboxylic acids is 1. The van der Waals surface area contributed by atoms with Crippen LogP contribution in [0.3, 0.4) is 0 Å². The van der Waals surface area contributed by atoms with Gasteiger partial charge in [-0.1, -0.05) is 0 Å². The van der Waals surface area contributed by atoms with E-state index in [1.807, 2.05) is 4.90 Å². The van der Waals surface area contributed by atoms with E-state index in [9.17, 15) is 13.6 Å². The predicted molar refractivity (Wildman–Crippen MR) is 89.8 cm³/mol. The van der Waals surface area contributed by atoms with Gasteiger partial charge in [0, 0.05) is 43.3 Å². The van der Waals surface area contributed by atoms with Crippen molar-refractivity contribution in [3.8, 4) is 5.82 Å². The molecule has 1 aliphatic heterocycles. The average Bonchev–Trinajstić information content (AvgIpc) is 3.12. The molecule has 2 aromatic heterocycles. The summed E-state index contributed by atoms with van der Waals surface area (Å²) in [5.41, 5.74) is 0.232. The first kappa shape index (κ1) is 16.1. The van der Waals surface area contributed by atoms with E-state index < -0.39 is 11.6 Å². The lowest BCUT2D eigenvalue weighted by Crippen LogP contribution is -2.52. The number of benzene rings is 1. The second kappa shape index (κ2) is 6.51. The number of carbonyl (C=O) groups is 1. The fraction of sp³-hybridized carbons (Fsp3) is 0.176. The van der Waals surface area contributed by atoms with Gasteiger partial charge in [-0.3, -0.25) is 4.79 Å². The molecule has 4 rings (SSSR count). The number of amides is 1. The smallest absolute Gasteiger partial charge is 0.231 e. The quantitative estimate of drug-likeness (QED) is 0.774. The molecule has 1 aromatic carbocycles. The van der Waals surface area contributed by atoms with Crippen LogP contribution in [-0.4, -0.2) is 38.7 Å². The molecule has 1 saturated heterocycles. The zero-order valence-electron chi connectivity index (χ0n) is 13.5. The van der Waals surface area contributed by atoms with Gasteiger partial charge in [0.15, 0.2) is 17.5 Å². The molecule has 9 heteroatoms. The van der Waals surface area contributed by atoms with E-state index in [4.69, 9.17) is 0 Å². The Bertz CT molecular complexity index is 940. The van der Waals surface area contributed by atoms with E-state index >= 15 is 0 Å². The molecule has 0 saturated carbocycles. The Labute approximate surface area is 147 Å². The van der Waals surface area contributed by atoms with Gasteiger partial charge in [-0.25, -0.2) is 23.4 Å². The summed E-state index contributed by atoms with van der Waals surface area (Å²) >= 11 is 0. The van der Waals surface area contributed by atoms with Gasteiger partial charge in [-0.05, 0) is 18.2 Å². The van der Waals surface area contributed by atoms with Gasteiger partial charge in [0.25, 0.3) is 0 Å². The molecule has 1 amide bonds. The maximum atomic E-state index is 13.2. The van der Waals surface area contributed by atoms with Gasteiger partial charge in [0.05, 0.1) is 5.92 Å². The fourth-order valence-electron chi connectivity index (χ4n) is 2.69. The largest absolute Gasteiger partial charge is 0.355 e. The van der Waals surface area contributed by atoms with Crippen molar-refractivity contribution < 1.29 is 13.6 Å². The first-order chi connectivity index (χ1) is 12.6. The van der Waals surface area contributed by atoms with Crippen LogP contribution >= 0.6 is 0 Å². The molecular formula is C17H14F2N6O. The van der Waals surface area contributed by atoms with Gasteiger partial charge in [-0.15, -0.1) is 0 Å². The van der Waals surface area contributed by atoms with Crippen LogP contribution < -0.4 is 10.2 Å². The van der Waals surface area contributed by atoms with E-state index in [1.54, 1.807) is 29.2 Å². The Balaban J connectivity index is 1.38. The minimum absolute atomic E-state index is 0.232. The van der Waals surface area contributed by atoms with Gasteiger partial charge in [0.2, 0.25) is 5.91 Å². The maximum absolute atomic E-state index is 13.2. The first-order valence-corrected chi connectivity index (χ1v) is 7.93. The Kier molecular flexibility index (Phi) is 4.04. The van der Waals surface area contributed by atoms with Gasteiger partial charge in [0.1, 0.15) is 12.1 Å². The van der Waals surface area contributed by atoms with Crippen molar-refractivity contribution in [3.05, 3.63) is 60.7 Å². The highest BCUT2D eigenvalue weighted by atomic mass is 19.2. The summed E-state index contributed by atoms with van der Waals surface area (Å²) in [6.07, 6.45) is 4.88. The van der Waals surface area contributed by atoms with Crippen LogP contribution in [0.25, 0.3) is 5.82 Å². The van der Waals surface area contributed by atoms with Crippen LogP contribution in [0.5, 0.6) is 0 Å². The predicted octanol–water partition coefficient (Wildman–Crippen LogP) is 2.02. The zero-order valence-corrected chi connectivity index (χ0v) is 13.5. The fourth-order valence-corrected chi connectivity index (χ4v) is 2.69. The lowest BCUT2D eigenvalue weighted by Gasteiger charge is -2.39. The molecule has 0 unspecified atom stereocenters. The monoisotopic (exact) mass is 356 g/mol. The molecule has 26 heavy (non-hydrogen) atoms. The average molecular weight is 356 g/mol. The number of anilines is 2. The summed E-state index contributed by atoms with van der Waals surface area (Å²) in [4.78, 5) is 22.5. The van der Waals surface area contributed by atoms with Crippen molar-refractivity contribution in [3.63, 3.8) is 0 Å². The van der Waals surface area contributed by atoms with Gasteiger partial charge in [-0.2, -0.15) is 5.10 Å². The summed E-state index contributed by atoms with van der Waals surface area (Å²) < 4.78 is 27.8. The molecule has 0 aliphatic carbocycles. The number of nitrogens with one attached hydrogen (secondary N) is 1. The van der Waals surface area contributed by atoms with Crippen molar-refractivity contribution in [2.45, 2.75) is 0 Å². The third kappa shape index (κ3) is 3.10. The van der Waals surface area contributed by atoms with Crippen LogP contribution in [-0.2, 0) is 4.79 Å². The van der Waals surface area contributed by atoms with E-state index in [2.05, 4.69) is 20.4 Å². The van der Waals surface area contributed by atoms with Crippen molar-refractivity contribution in [2.75, 3.05) is 23.3 Å². The molecule has 7 nitrogen and oxygen atoms in total. The lowest BCUT2D eigenvalue weighted by molar-refractivity contribution is -0.120. The molecule has 0 bridgehead atoms. The number of nitrogens with zero attached hydrogens (tertiary/aromatic N) is 5. The molecule has 1 N–H and O–H groups in total. The molecule has 0 radical (unpaired) electrons. The van der Waals surface area contributed by atoms with Crippen molar-refractivity contribution >= 4 is 17.4 Å². The van der Waals surface area contributed by atoms with Crippen molar-refractivity contribution in [1.29, 1.82) is 0 Å². The Hall–Kier alpha value is -3.36. The minimum Gasteiger partial charge on any atom is -0.355 e. The van der Waals surface area contributed by atoms with E-state index in [0.29, 0.717) is 24.7 Å². The number of hydrogen-bond acceptors (Lipinski definition) is 5. The van der Waals surface area contributed by atoms with Crippen LogP contribution in [0.2, 0.25) is 0 Å². The van der Waals surface area contributed by atoms with E-state index in [0.717, 1.165) is 12.1 Å². The summed E-state index contributed by atoms with van der Waals surface area (Å²) in [7, 11) is 0. The molecule has 1 fully saturated rings. The molecule has 3 heterocycles. The zero-order chi connectivity index (χ0) is 18.1. The molecule has 0 atom stereocenters. The van der Waals surface area contributed by atoms with Crippen molar-refractivity contribution in [2.24, 2.45) is 5.92 Å². The highest BCUT2D eigenvalue weighted by Crippen LogP contribution is 2.25.